The predicted molar refractivity (Wildman–Crippen MR) is 86.8 cm³/mol. The number of benzene rings is 2. The lowest BCUT2D eigenvalue weighted by Crippen LogP contribution is -2.17. The summed E-state index contributed by atoms with van der Waals surface area (Å²) in [4.78, 5) is 11.6. The van der Waals surface area contributed by atoms with Crippen LogP contribution in [0.2, 0.25) is 0 Å². The summed E-state index contributed by atoms with van der Waals surface area (Å²) >= 11 is 0. The third-order valence-electron chi connectivity index (χ3n) is 3.24. The molecule has 0 aromatic heterocycles. The number of aliphatic hydroxyl groups is 1. The zero-order valence-corrected chi connectivity index (χ0v) is 12.8. The summed E-state index contributed by atoms with van der Waals surface area (Å²) in [7, 11) is 0. The Kier molecular flexibility index (Phi) is 5.55. The number of hydrogen-bond donors (Lipinski definition) is 2. The van der Waals surface area contributed by atoms with Gasteiger partial charge >= 0.3 is 0 Å². The molecule has 116 valence electrons. The van der Waals surface area contributed by atoms with Crippen molar-refractivity contribution in [3.8, 4) is 5.75 Å². The van der Waals surface area contributed by atoms with Crippen molar-refractivity contribution in [3.63, 3.8) is 0 Å². The van der Waals surface area contributed by atoms with Gasteiger partial charge in [0.1, 0.15) is 18.5 Å². The molecule has 2 aromatic rings. The number of carbonyl (C=O) groups is 1. The largest absolute Gasteiger partial charge is 0.491 e. The van der Waals surface area contributed by atoms with Gasteiger partial charge in [0.2, 0.25) is 5.91 Å². The summed E-state index contributed by atoms with van der Waals surface area (Å²) in [5.41, 5.74) is 1.55. The van der Waals surface area contributed by atoms with Crippen LogP contribution in [0.3, 0.4) is 0 Å². The molecule has 2 aromatic carbocycles. The van der Waals surface area contributed by atoms with E-state index >= 15 is 0 Å². The zero-order chi connectivity index (χ0) is 15.9. The Morgan fingerprint density at radius 1 is 1.09 bits per heavy atom. The molecule has 0 heterocycles. The first-order chi connectivity index (χ1) is 10.6. The van der Waals surface area contributed by atoms with Crippen molar-refractivity contribution >= 4 is 11.6 Å². The van der Waals surface area contributed by atoms with Gasteiger partial charge in [-0.1, -0.05) is 44.2 Å². The molecule has 4 nitrogen and oxygen atoms in total. The molecule has 0 saturated heterocycles. The molecule has 2 rings (SSSR count). The summed E-state index contributed by atoms with van der Waals surface area (Å²) in [6, 6.07) is 16.5. The van der Waals surface area contributed by atoms with Crippen LogP contribution in [0.15, 0.2) is 54.6 Å². The molecule has 0 bridgehead atoms. The highest BCUT2D eigenvalue weighted by atomic mass is 16.5. The van der Waals surface area contributed by atoms with Crippen molar-refractivity contribution in [1.29, 1.82) is 0 Å². The van der Waals surface area contributed by atoms with E-state index in [-0.39, 0.29) is 18.4 Å². The average Bonchev–Trinajstić information content (AvgIpc) is 2.54. The van der Waals surface area contributed by atoms with Crippen molar-refractivity contribution in [2.24, 2.45) is 5.92 Å². The zero-order valence-electron chi connectivity index (χ0n) is 12.8. The molecule has 0 fully saturated rings. The highest BCUT2D eigenvalue weighted by molar-refractivity contribution is 5.92. The molecular formula is C18H21NO3. The van der Waals surface area contributed by atoms with E-state index in [1.165, 1.54) is 0 Å². The number of carbonyl (C=O) groups excluding carboxylic acids is 1. The fraction of sp³-hybridized carbons (Fsp3) is 0.278. The second-order valence-corrected chi connectivity index (χ2v) is 5.41. The smallest absolute Gasteiger partial charge is 0.226 e. The van der Waals surface area contributed by atoms with Gasteiger partial charge in [-0.2, -0.15) is 0 Å². The fourth-order valence-corrected chi connectivity index (χ4v) is 1.87. The van der Waals surface area contributed by atoms with E-state index in [2.05, 4.69) is 5.32 Å². The topological polar surface area (TPSA) is 58.6 Å². The van der Waals surface area contributed by atoms with Gasteiger partial charge in [-0.05, 0) is 29.8 Å². The monoisotopic (exact) mass is 299 g/mol. The van der Waals surface area contributed by atoms with Crippen molar-refractivity contribution in [2.75, 3.05) is 11.9 Å². The second-order valence-electron chi connectivity index (χ2n) is 5.41. The molecule has 1 atom stereocenters. The fourth-order valence-electron chi connectivity index (χ4n) is 1.87. The van der Waals surface area contributed by atoms with E-state index in [0.717, 1.165) is 11.3 Å². The van der Waals surface area contributed by atoms with Crippen LogP contribution < -0.4 is 10.1 Å². The Bertz CT molecular complexity index is 593. The highest BCUT2D eigenvalue weighted by Gasteiger charge is 2.09. The number of ether oxygens (including phenoxy) is 1. The third-order valence-corrected chi connectivity index (χ3v) is 3.24. The standard InChI is InChI=1S/C18H21NO3/c1-13(2)18(21)19-15-8-10-16(11-9-15)22-12-17(20)14-6-4-3-5-7-14/h3-11,13,17,20H,12H2,1-2H3,(H,19,21). The van der Waals surface area contributed by atoms with E-state index in [9.17, 15) is 9.90 Å². The minimum absolute atomic E-state index is 0.0202. The summed E-state index contributed by atoms with van der Waals surface area (Å²) in [5, 5.41) is 12.8. The number of amides is 1. The lowest BCUT2D eigenvalue weighted by molar-refractivity contribution is -0.118. The van der Waals surface area contributed by atoms with Crippen LogP contribution in [0.4, 0.5) is 5.69 Å². The van der Waals surface area contributed by atoms with Gasteiger partial charge in [0.25, 0.3) is 0 Å². The Balaban J connectivity index is 1.88. The van der Waals surface area contributed by atoms with E-state index < -0.39 is 6.10 Å². The van der Waals surface area contributed by atoms with E-state index in [4.69, 9.17) is 4.74 Å². The van der Waals surface area contributed by atoms with E-state index in [1.54, 1.807) is 24.3 Å². The number of hydrogen-bond acceptors (Lipinski definition) is 3. The number of aliphatic hydroxyl groups excluding tert-OH is 1. The molecular weight excluding hydrogens is 278 g/mol. The van der Waals surface area contributed by atoms with E-state index in [0.29, 0.717) is 5.75 Å². The van der Waals surface area contributed by atoms with E-state index in [1.807, 2.05) is 44.2 Å². The number of nitrogens with one attached hydrogen (secondary N) is 1. The maximum Gasteiger partial charge on any atom is 0.226 e. The van der Waals surface area contributed by atoms with Crippen LogP contribution in [0.25, 0.3) is 0 Å². The van der Waals surface area contributed by atoms with Crippen molar-refractivity contribution in [1.82, 2.24) is 0 Å². The van der Waals surface area contributed by atoms with Gasteiger partial charge in [-0.15, -0.1) is 0 Å². The first-order valence-electron chi connectivity index (χ1n) is 7.33. The van der Waals surface area contributed by atoms with Gasteiger partial charge in [-0.3, -0.25) is 4.79 Å². The maximum absolute atomic E-state index is 11.6. The van der Waals surface area contributed by atoms with Crippen LogP contribution >= 0.6 is 0 Å². The molecule has 0 aliphatic heterocycles. The van der Waals surface area contributed by atoms with Crippen LogP contribution in [0.5, 0.6) is 5.75 Å². The van der Waals surface area contributed by atoms with Gasteiger partial charge in [0, 0.05) is 11.6 Å². The van der Waals surface area contributed by atoms with Crippen molar-refractivity contribution < 1.29 is 14.6 Å². The van der Waals surface area contributed by atoms with Crippen molar-refractivity contribution in [3.05, 3.63) is 60.2 Å². The summed E-state index contributed by atoms with van der Waals surface area (Å²) in [6.07, 6.45) is -0.665. The second kappa shape index (κ2) is 7.61. The normalized spacial score (nSPS) is 12.0. The SMILES string of the molecule is CC(C)C(=O)Nc1ccc(OCC(O)c2ccccc2)cc1. The molecule has 0 saturated carbocycles. The Labute approximate surface area is 130 Å². The molecule has 1 amide bonds. The minimum Gasteiger partial charge on any atom is -0.491 e. The van der Waals surface area contributed by atoms with Gasteiger partial charge in [0.15, 0.2) is 0 Å². The first-order valence-corrected chi connectivity index (χ1v) is 7.33. The van der Waals surface area contributed by atoms with Gasteiger partial charge in [-0.25, -0.2) is 0 Å². The number of anilines is 1. The Hall–Kier alpha value is -2.33. The van der Waals surface area contributed by atoms with Gasteiger partial charge in [0.05, 0.1) is 0 Å². The summed E-state index contributed by atoms with van der Waals surface area (Å²) < 4.78 is 5.57. The molecule has 0 aliphatic rings. The average molecular weight is 299 g/mol. The lowest BCUT2D eigenvalue weighted by Gasteiger charge is -2.13. The Morgan fingerprint density at radius 2 is 1.73 bits per heavy atom. The quantitative estimate of drug-likeness (QED) is 0.859. The molecule has 0 aliphatic carbocycles. The van der Waals surface area contributed by atoms with Crippen molar-refractivity contribution in [2.45, 2.75) is 20.0 Å². The van der Waals surface area contributed by atoms with Crippen LogP contribution in [0.1, 0.15) is 25.5 Å². The summed E-state index contributed by atoms with van der Waals surface area (Å²) in [6.45, 7) is 3.87. The molecule has 0 spiro atoms. The van der Waals surface area contributed by atoms with Crippen LogP contribution in [-0.4, -0.2) is 17.6 Å². The highest BCUT2D eigenvalue weighted by Crippen LogP contribution is 2.19. The number of rotatable bonds is 6. The first kappa shape index (κ1) is 16.0. The molecule has 2 N–H and O–H groups in total. The maximum atomic E-state index is 11.6. The molecule has 22 heavy (non-hydrogen) atoms. The van der Waals surface area contributed by atoms with Gasteiger partial charge < -0.3 is 15.2 Å². The lowest BCUT2D eigenvalue weighted by atomic mass is 10.1. The third kappa shape index (κ3) is 4.60. The molecule has 4 heteroatoms. The molecule has 0 radical (unpaired) electrons. The molecule has 1 unspecified atom stereocenters. The van der Waals surface area contributed by atoms with Crippen LogP contribution in [0, 0.1) is 5.92 Å². The minimum atomic E-state index is -0.665. The Morgan fingerprint density at radius 3 is 2.32 bits per heavy atom. The summed E-state index contributed by atoms with van der Waals surface area (Å²) in [5.74, 6) is 0.572. The predicted octanol–water partition coefficient (Wildman–Crippen LogP) is 3.39. The van der Waals surface area contributed by atoms with Crippen LogP contribution in [-0.2, 0) is 4.79 Å².